The summed E-state index contributed by atoms with van der Waals surface area (Å²) in [4.78, 5) is 31.8. The number of hydrogen-bond acceptors (Lipinski definition) is 4. The molecule has 4 aromatic rings. The van der Waals surface area contributed by atoms with Gasteiger partial charge in [-0.05, 0) is 49.4 Å². The Morgan fingerprint density at radius 1 is 1.14 bits per heavy atom. The summed E-state index contributed by atoms with van der Waals surface area (Å²) in [7, 11) is 1.89. The summed E-state index contributed by atoms with van der Waals surface area (Å²) in [5, 5.41) is 6.91. The van der Waals surface area contributed by atoms with Gasteiger partial charge in [0.05, 0.1) is 17.5 Å². The second-order valence-corrected chi connectivity index (χ2v) is 8.93. The van der Waals surface area contributed by atoms with Crippen LogP contribution in [0.2, 0.25) is 0 Å². The Balaban J connectivity index is 1.54. The van der Waals surface area contributed by atoms with E-state index < -0.39 is 5.91 Å². The van der Waals surface area contributed by atoms with Gasteiger partial charge in [0.25, 0.3) is 0 Å². The molecule has 0 spiro atoms. The average Bonchev–Trinajstić information content (AvgIpc) is 3.41. The predicted octanol–water partition coefficient (Wildman–Crippen LogP) is 3.97. The highest BCUT2D eigenvalue weighted by atomic mass is 16.2. The summed E-state index contributed by atoms with van der Waals surface area (Å²) in [6.45, 7) is 0. The maximum atomic E-state index is 12.5. The summed E-state index contributed by atoms with van der Waals surface area (Å²) in [6, 6.07) is 15.7. The number of aromatic amines is 1. The molecule has 178 valence electrons. The molecule has 0 unspecified atom stereocenters. The van der Waals surface area contributed by atoms with Crippen molar-refractivity contribution >= 4 is 11.8 Å². The van der Waals surface area contributed by atoms with Gasteiger partial charge in [0, 0.05) is 48.7 Å². The molecule has 1 aliphatic carbocycles. The molecule has 1 fully saturated rings. The largest absolute Gasteiger partial charge is 0.366 e. The van der Waals surface area contributed by atoms with Crippen LogP contribution in [0, 0.1) is 0 Å². The molecule has 3 N–H and O–H groups in total. The van der Waals surface area contributed by atoms with Crippen LogP contribution >= 0.6 is 0 Å². The van der Waals surface area contributed by atoms with E-state index in [2.05, 4.69) is 10.2 Å². The fraction of sp³-hybridized carbons (Fsp3) is 0.259. The Bertz CT molecular complexity index is 1340. The highest BCUT2D eigenvalue weighted by Gasteiger charge is 2.29. The van der Waals surface area contributed by atoms with Crippen LogP contribution in [0.3, 0.4) is 0 Å². The van der Waals surface area contributed by atoms with Crippen molar-refractivity contribution in [1.29, 1.82) is 0 Å². The number of imidazole rings is 1. The predicted molar refractivity (Wildman–Crippen MR) is 134 cm³/mol. The molecule has 2 aromatic carbocycles. The number of nitrogens with two attached hydrogens (primary N) is 1. The Labute approximate surface area is 203 Å². The minimum Gasteiger partial charge on any atom is -0.366 e. The molecule has 1 aliphatic rings. The first-order valence-corrected chi connectivity index (χ1v) is 11.8. The molecule has 8 heteroatoms. The van der Waals surface area contributed by atoms with Gasteiger partial charge in [-0.25, -0.2) is 4.98 Å². The third-order valence-corrected chi connectivity index (χ3v) is 6.46. The van der Waals surface area contributed by atoms with Crippen LogP contribution in [-0.2, 0) is 11.2 Å². The molecule has 5 rings (SSSR count). The van der Waals surface area contributed by atoms with Gasteiger partial charge >= 0.3 is 0 Å². The SMILES string of the molecule is CN(C(=O)CCCc1cn(-c2ccccc2)c(-c2c(C(N)=O)cccc2-c2cn[nH]c2)n1)C1CC1. The van der Waals surface area contributed by atoms with E-state index in [1.54, 1.807) is 18.5 Å². The summed E-state index contributed by atoms with van der Waals surface area (Å²) in [6.07, 6.45) is 9.51. The molecule has 0 atom stereocenters. The van der Waals surface area contributed by atoms with Crippen molar-refractivity contribution in [3.05, 3.63) is 78.4 Å². The van der Waals surface area contributed by atoms with Gasteiger partial charge in [-0.2, -0.15) is 5.10 Å². The van der Waals surface area contributed by atoms with E-state index in [1.165, 1.54) is 0 Å². The van der Waals surface area contributed by atoms with Crippen molar-refractivity contribution < 1.29 is 9.59 Å². The molecule has 1 saturated carbocycles. The van der Waals surface area contributed by atoms with E-state index in [9.17, 15) is 9.59 Å². The Hall–Kier alpha value is -4.20. The number of benzene rings is 2. The number of para-hydroxylation sites is 1. The Morgan fingerprint density at radius 3 is 2.63 bits per heavy atom. The van der Waals surface area contributed by atoms with E-state index in [-0.39, 0.29) is 5.91 Å². The molecular formula is C27H28N6O2. The topological polar surface area (TPSA) is 110 Å². The second-order valence-electron chi connectivity index (χ2n) is 8.93. The highest BCUT2D eigenvalue weighted by molar-refractivity contribution is 6.03. The lowest BCUT2D eigenvalue weighted by Gasteiger charge is -2.15. The highest BCUT2D eigenvalue weighted by Crippen LogP contribution is 2.35. The zero-order chi connectivity index (χ0) is 24.4. The van der Waals surface area contributed by atoms with Crippen LogP contribution < -0.4 is 5.73 Å². The first kappa shape index (κ1) is 22.6. The first-order chi connectivity index (χ1) is 17.0. The van der Waals surface area contributed by atoms with Gasteiger partial charge in [0.2, 0.25) is 11.8 Å². The van der Waals surface area contributed by atoms with Crippen LogP contribution in [0.5, 0.6) is 0 Å². The third-order valence-electron chi connectivity index (χ3n) is 6.46. The maximum Gasteiger partial charge on any atom is 0.249 e. The van der Waals surface area contributed by atoms with Gasteiger partial charge in [-0.15, -0.1) is 0 Å². The number of H-pyrrole nitrogens is 1. The zero-order valence-electron chi connectivity index (χ0n) is 19.6. The molecule has 35 heavy (non-hydrogen) atoms. The monoisotopic (exact) mass is 468 g/mol. The van der Waals surface area contributed by atoms with Gasteiger partial charge in [-0.3, -0.25) is 19.3 Å². The number of primary amides is 1. The van der Waals surface area contributed by atoms with Crippen LogP contribution in [0.25, 0.3) is 28.2 Å². The lowest BCUT2D eigenvalue weighted by atomic mass is 9.96. The van der Waals surface area contributed by atoms with Crippen molar-refractivity contribution in [3.63, 3.8) is 0 Å². The van der Waals surface area contributed by atoms with Gasteiger partial charge in [-0.1, -0.05) is 30.3 Å². The number of rotatable bonds is 9. The van der Waals surface area contributed by atoms with E-state index in [1.807, 2.05) is 65.2 Å². The summed E-state index contributed by atoms with van der Waals surface area (Å²) < 4.78 is 1.98. The number of aryl methyl sites for hydroxylation is 1. The number of carbonyl (C=O) groups excluding carboxylic acids is 2. The van der Waals surface area contributed by atoms with Crippen molar-refractivity contribution in [3.8, 4) is 28.2 Å². The molecule has 2 aromatic heterocycles. The van der Waals surface area contributed by atoms with Crippen molar-refractivity contribution in [1.82, 2.24) is 24.6 Å². The standard InChI is InChI=1S/C27H28N6O2/c1-32(20-13-14-20)24(34)12-5-7-19-17-33(21-8-3-2-4-9-21)27(31-19)25-22(18-15-29-30-16-18)10-6-11-23(25)26(28)35/h2-4,6,8-11,15-17,20H,5,7,12-14H2,1H3,(H2,28,35)(H,29,30). The van der Waals surface area contributed by atoms with Crippen LogP contribution in [0.15, 0.2) is 67.1 Å². The number of carbonyl (C=O) groups is 2. The molecule has 8 nitrogen and oxygen atoms in total. The molecule has 0 bridgehead atoms. The Morgan fingerprint density at radius 2 is 1.94 bits per heavy atom. The molecule has 0 radical (unpaired) electrons. The quantitative estimate of drug-likeness (QED) is 0.387. The summed E-state index contributed by atoms with van der Waals surface area (Å²) in [5.74, 6) is 0.276. The molecule has 2 heterocycles. The number of amides is 2. The zero-order valence-corrected chi connectivity index (χ0v) is 19.6. The average molecular weight is 469 g/mol. The first-order valence-electron chi connectivity index (χ1n) is 11.8. The van der Waals surface area contributed by atoms with Gasteiger partial charge in [0.1, 0.15) is 5.82 Å². The van der Waals surface area contributed by atoms with Crippen LogP contribution in [-0.4, -0.2) is 49.6 Å². The minimum absolute atomic E-state index is 0.177. The normalized spacial score (nSPS) is 13.1. The molecule has 2 amide bonds. The van der Waals surface area contributed by atoms with Crippen LogP contribution in [0.4, 0.5) is 0 Å². The van der Waals surface area contributed by atoms with Crippen molar-refractivity contribution in [2.75, 3.05) is 7.05 Å². The molecular weight excluding hydrogens is 440 g/mol. The van der Waals surface area contributed by atoms with E-state index in [4.69, 9.17) is 10.7 Å². The smallest absolute Gasteiger partial charge is 0.249 e. The van der Waals surface area contributed by atoms with E-state index in [0.717, 1.165) is 35.3 Å². The lowest BCUT2D eigenvalue weighted by Crippen LogP contribution is -2.28. The number of nitrogens with zero attached hydrogens (tertiary/aromatic N) is 4. The van der Waals surface area contributed by atoms with E-state index >= 15 is 0 Å². The molecule has 0 aliphatic heterocycles. The van der Waals surface area contributed by atoms with Crippen molar-refractivity contribution in [2.24, 2.45) is 5.73 Å². The lowest BCUT2D eigenvalue weighted by molar-refractivity contribution is -0.130. The Kier molecular flexibility index (Phi) is 6.18. The fourth-order valence-corrected chi connectivity index (χ4v) is 4.41. The van der Waals surface area contributed by atoms with Gasteiger partial charge in [0.15, 0.2) is 0 Å². The number of aromatic nitrogens is 4. The summed E-state index contributed by atoms with van der Waals surface area (Å²) >= 11 is 0. The van der Waals surface area contributed by atoms with Crippen LogP contribution in [0.1, 0.15) is 41.7 Å². The second kappa shape index (κ2) is 9.58. The molecule has 0 saturated heterocycles. The van der Waals surface area contributed by atoms with Crippen molar-refractivity contribution in [2.45, 2.75) is 38.1 Å². The summed E-state index contributed by atoms with van der Waals surface area (Å²) in [5.41, 5.74) is 10.3. The third kappa shape index (κ3) is 4.73. The maximum absolute atomic E-state index is 12.5. The number of nitrogens with one attached hydrogen (secondary N) is 1. The number of hydrogen-bond donors (Lipinski definition) is 2. The fourth-order valence-electron chi connectivity index (χ4n) is 4.41. The minimum atomic E-state index is -0.525. The van der Waals surface area contributed by atoms with Gasteiger partial charge < -0.3 is 10.6 Å². The van der Waals surface area contributed by atoms with E-state index in [0.29, 0.717) is 42.3 Å².